The monoisotopic (exact) mass is 187 g/mol. The summed E-state index contributed by atoms with van der Waals surface area (Å²) in [4.78, 5) is 12.2. The minimum atomic E-state index is 0.524. The Kier molecular flexibility index (Phi) is 2.61. The molecule has 1 aliphatic heterocycles. The molecule has 0 saturated carbocycles. The molecule has 0 aromatic carbocycles. The molecule has 2 heterocycles. The van der Waals surface area contributed by atoms with Gasteiger partial charge in [0.25, 0.3) is 0 Å². The highest BCUT2D eigenvalue weighted by Gasteiger charge is 1.95. The number of hydrogen-bond donors (Lipinski definition) is 1. The van der Waals surface area contributed by atoms with Crippen molar-refractivity contribution in [1.29, 1.82) is 0 Å². The third-order valence-electron chi connectivity index (χ3n) is 1.60. The summed E-state index contributed by atoms with van der Waals surface area (Å²) >= 11 is 0. The van der Waals surface area contributed by atoms with E-state index in [1.807, 2.05) is 12.1 Å². The minimum absolute atomic E-state index is 0.524. The van der Waals surface area contributed by atoms with Gasteiger partial charge >= 0.3 is 0 Å². The van der Waals surface area contributed by atoms with Crippen molar-refractivity contribution in [1.82, 2.24) is 10.4 Å². The first-order chi connectivity index (χ1) is 6.95. The lowest BCUT2D eigenvalue weighted by Crippen LogP contribution is -2.20. The van der Waals surface area contributed by atoms with Gasteiger partial charge in [0.15, 0.2) is 0 Å². The number of nitrogens with one attached hydrogen (secondary N) is 1. The Morgan fingerprint density at radius 2 is 2.50 bits per heavy atom. The molecule has 0 fully saturated rings. The van der Waals surface area contributed by atoms with E-state index in [4.69, 9.17) is 0 Å². The van der Waals surface area contributed by atoms with Crippen LogP contribution in [0.15, 0.2) is 39.6 Å². The van der Waals surface area contributed by atoms with Crippen molar-refractivity contribution >= 4 is 18.4 Å². The third kappa shape index (κ3) is 2.22. The Labute approximate surface area is 81.3 Å². The molecule has 70 valence electrons. The van der Waals surface area contributed by atoms with Crippen molar-refractivity contribution in [2.45, 2.75) is 0 Å². The van der Waals surface area contributed by atoms with Gasteiger partial charge in [-0.15, -0.1) is 0 Å². The predicted octanol–water partition coefficient (Wildman–Crippen LogP) is 0.445. The zero-order valence-corrected chi connectivity index (χ0v) is 7.46. The van der Waals surface area contributed by atoms with Gasteiger partial charge in [0.05, 0.1) is 6.54 Å². The van der Waals surface area contributed by atoms with Crippen LogP contribution in [0.3, 0.4) is 0 Å². The molecule has 0 atom stereocenters. The summed E-state index contributed by atoms with van der Waals surface area (Å²) in [6.07, 6.45) is 6.83. The van der Waals surface area contributed by atoms with Gasteiger partial charge in [-0.25, -0.2) is 15.4 Å². The number of aromatic nitrogens is 1. The highest BCUT2D eigenvalue weighted by atomic mass is 15.4. The Hall–Kier alpha value is -2.04. The number of pyridine rings is 1. The second-order valence-corrected chi connectivity index (χ2v) is 2.63. The van der Waals surface area contributed by atoms with Crippen molar-refractivity contribution in [2.24, 2.45) is 15.1 Å². The minimum Gasteiger partial charge on any atom is -0.264 e. The van der Waals surface area contributed by atoms with Crippen LogP contribution < -0.4 is 5.43 Å². The summed E-state index contributed by atoms with van der Waals surface area (Å²) in [6, 6.07) is 3.78. The molecule has 5 heteroatoms. The molecule has 0 radical (unpaired) electrons. The average molecular weight is 187 g/mol. The second-order valence-electron chi connectivity index (χ2n) is 2.63. The first-order valence-corrected chi connectivity index (χ1v) is 4.21. The Morgan fingerprint density at radius 3 is 3.21 bits per heavy atom. The van der Waals surface area contributed by atoms with Gasteiger partial charge in [0, 0.05) is 30.4 Å². The van der Waals surface area contributed by atoms with Crippen LogP contribution in [0, 0.1) is 0 Å². The fourth-order valence-corrected chi connectivity index (χ4v) is 0.965. The zero-order valence-electron chi connectivity index (χ0n) is 7.46. The predicted molar refractivity (Wildman–Crippen MR) is 55.8 cm³/mol. The van der Waals surface area contributed by atoms with E-state index in [0.717, 1.165) is 5.56 Å². The molecule has 0 saturated heterocycles. The van der Waals surface area contributed by atoms with Crippen LogP contribution in [0.4, 0.5) is 0 Å². The van der Waals surface area contributed by atoms with Crippen molar-refractivity contribution < 1.29 is 0 Å². The molecule has 2 rings (SSSR count). The quantitative estimate of drug-likeness (QED) is 0.648. The summed E-state index contributed by atoms with van der Waals surface area (Å²) in [6.45, 7) is 0.576. The van der Waals surface area contributed by atoms with Gasteiger partial charge < -0.3 is 0 Å². The number of guanidine groups is 1. The summed E-state index contributed by atoms with van der Waals surface area (Å²) in [5.41, 5.74) is 3.63. The Bertz CT molecular complexity index is 379. The van der Waals surface area contributed by atoms with Crippen LogP contribution in [0.25, 0.3) is 0 Å². The maximum absolute atomic E-state index is 4.11. The lowest BCUT2D eigenvalue weighted by atomic mass is 10.3. The van der Waals surface area contributed by atoms with Gasteiger partial charge in [-0.3, -0.25) is 4.98 Å². The van der Waals surface area contributed by atoms with Crippen LogP contribution in [-0.2, 0) is 0 Å². The molecule has 1 aliphatic rings. The molecule has 1 aromatic heterocycles. The molecular weight excluding hydrogens is 178 g/mol. The van der Waals surface area contributed by atoms with Crippen LogP contribution >= 0.6 is 0 Å². The third-order valence-corrected chi connectivity index (χ3v) is 1.60. The molecule has 0 amide bonds. The van der Waals surface area contributed by atoms with E-state index in [1.54, 1.807) is 24.8 Å². The van der Waals surface area contributed by atoms with E-state index in [1.165, 1.54) is 0 Å². The van der Waals surface area contributed by atoms with Gasteiger partial charge in [0.2, 0.25) is 5.96 Å². The first-order valence-electron chi connectivity index (χ1n) is 4.21. The molecule has 1 N–H and O–H groups in total. The fourth-order valence-electron chi connectivity index (χ4n) is 0.965. The highest BCUT2D eigenvalue weighted by molar-refractivity contribution is 5.94. The van der Waals surface area contributed by atoms with Crippen molar-refractivity contribution in [3.63, 3.8) is 0 Å². The zero-order chi connectivity index (χ0) is 9.64. The van der Waals surface area contributed by atoms with E-state index in [-0.39, 0.29) is 0 Å². The largest absolute Gasteiger partial charge is 0.264 e. The molecule has 5 nitrogen and oxygen atoms in total. The smallest absolute Gasteiger partial charge is 0.239 e. The van der Waals surface area contributed by atoms with Gasteiger partial charge in [-0.1, -0.05) is 6.07 Å². The molecule has 1 aromatic rings. The van der Waals surface area contributed by atoms with Crippen LogP contribution in [0.1, 0.15) is 5.56 Å². The number of nitrogens with zero attached hydrogens (tertiary/aromatic N) is 4. The SMILES string of the molecule is C1=NNC(/N=C/c2cccnc2)=NC1. The maximum atomic E-state index is 4.11. The van der Waals surface area contributed by atoms with E-state index in [9.17, 15) is 0 Å². The summed E-state index contributed by atoms with van der Waals surface area (Å²) < 4.78 is 0. The molecular formula is C9H9N5. The highest BCUT2D eigenvalue weighted by Crippen LogP contribution is 1.91. The summed E-state index contributed by atoms with van der Waals surface area (Å²) in [5, 5.41) is 3.84. The molecule has 14 heavy (non-hydrogen) atoms. The van der Waals surface area contributed by atoms with Crippen LogP contribution in [0.5, 0.6) is 0 Å². The molecule has 0 unspecified atom stereocenters. The number of aliphatic imine (C=N–C) groups is 2. The molecule has 0 bridgehead atoms. The summed E-state index contributed by atoms with van der Waals surface area (Å²) in [5.74, 6) is 0.524. The van der Waals surface area contributed by atoms with Crippen molar-refractivity contribution in [3.05, 3.63) is 30.1 Å². The van der Waals surface area contributed by atoms with Gasteiger partial charge in [-0.05, 0) is 6.07 Å². The van der Waals surface area contributed by atoms with E-state index >= 15 is 0 Å². The van der Waals surface area contributed by atoms with Gasteiger partial charge in [0.1, 0.15) is 0 Å². The number of hydrogen-bond acceptors (Lipinski definition) is 5. The number of hydrazone groups is 1. The van der Waals surface area contributed by atoms with Crippen molar-refractivity contribution in [2.75, 3.05) is 6.54 Å². The molecule has 0 spiro atoms. The Balaban J connectivity index is 2.04. The topological polar surface area (TPSA) is 62.0 Å². The van der Waals surface area contributed by atoms with E-state index < -0.39 is 0 Å². The normalized spacial score (nSPS) is 15.3. The number of rotatable bonds is 1. The van der Waals surface area contributed by atoms with Crippen molar-refractivity contribution in [3.8, 4) is 0 Å². The first kappa shape index (κ1) is 8.55. The standard InChI is InChI=1S/C9H9N5/c1-2-8(6-10-3-1)7-12-9-11-4-5-13-14-9/h1-3,5-7H,4H2,(H,11,14)/b12-7+. The van der Waals surface area contributed by atoms with E-state index in [0.29, 0.717) is 12.5 Å². The maximum Gasteiger partial charge on any atom is 0.239 e. The fraction of sp³-hybridized carbons (Fsp3) is 0.111. The summed E-state index contributed by atoms with van der Waals surface area (Å²) in [7, 11) is 0. The van der Waals surface area contributed by atoms with Crippen LogP contribution in [0.2, 0.25) is 0 Å². The van der Waals surface area contributed by atoms with Crippen LogP contribution in [-0.4, -0.2) is 29.9 Å². The molecule has 0 aliphatic carbocycles. The lowest BCUT2D eigenvalue weighted by Gasteiger charge is -2.02. The Morgan fingerprint density at radius 1 is 1.50 bits per heavy atom. The second kappa shape index (κ2) is 4.27. The van der Waals surface area contributed by atoms with E-state index in [2.05, 4.69) is 25.5 Å². The lowest BCUT2D eigenvalue weighted by molar-refractivity contribution is 0.968. The van der Waals surface area contributed by atoms with Gasteiger partial charge in [-0.2, -0.15) is 5.10 Å². The average Bonchev–Trinajstić information content (AvgIpc) is 2.29.